The number of rotatable bonds is 3. The Morgan fingerprint density at radius 3 is 2.62 bits per heavy atom. The minimum atomic E-state index is -0.246. The van der Waals surface area contributed by atoms with Gasteiger partial charge in [0.2, 0.25) is 0 Å². The molecule has 0 spiro atoms. The number of halogens is 3. The number of hydrogen-bond acceptors (Lipinski definition) is 1. The second kappa shape index (κ2) is 5.76. The third-order valence-corrected chi connectivity index (χ3v) is 4.69. The zero-order valence-electron chi connectivity index (χ0n) is 11.7. The van der Waals surface area contributed by atoms with Crippen LogP contribution in [0.1, 0.15) is 29.9 Å². The smallest absolute Gasteiger partial charge is 0.137 e. The van der Waals surface area contributed by atoms with Gasteiger partial charge in [0.25, 0.3) is 0 Å². The molecule has 1 fully saturated rings. The first-order chi connectivity index (χ1) is 10.0. The molecule has 3 rings (SSSR count). The van der Waals surface area contributed by atoms with Gasteiger partial charge in [-0.1, -0.05) is 12.1 Å². The summed E-state index contributed by atoms with van der Waals surface area (Å²) in [5, 5.41) is 3.44. The van der Waals surface area contributed by atoms with E-state index in [1.807, 2.05) is 13.0 Å². The monoisotopic (exact) mass is 351 g/mol. The maximum atomic E-state index is 13.4. The highest BCUT2D eigenvalue weighted by atomic mass is 79.9. The molecule has 1 nitrogen and oxygen atoms in total. The molecule has 0 atom stereocenters. The van der Waals surface area contributed by atoms with Crippen LogP contribution in [0, 0.1) is 18.6 Å². The van der Waals surface area contributed by atoms with Crippen molar-refractivity contribution in [2.45, 2.75) is 31.7 Å². The Kier molecular flexibility index (Phi) is 3.98. The van der Waals surface area contributed by atoms with E-state index in [0.29, 0.717) is 16.4 Å². The van der Waals surface area contributed by atoms with Gasteiger partial charge in [0.05, 0.1) is 4.47 Å². The van der Waals surface area contributed by atoms with Crippen molar-refractivity contribution in [2.75, 3.05) is 5.32 Å². The van der Waals surface area contributed by atoms with Gasteiger partial charge in [0, 0.05) is 11.7 Å². The molecule has 110 valence electrons. The fourth-order valence-electron chi connectivity index (χ4n) is 2.79. The Hall–Kier alpha value is -1.42. The highest BCUT2D eigenvalue weighted by Crippen LogP contribution is 2.39. The summed E-state index contributed by atoms with van der Waals surface area (Å²) in [6, 6.07) is 10.5. The van der Waals surface area contributed by atoms with Gasteiger partial charge >= 0.3 is 0 Å². The summed E-state index contributed by atoms with van der Waals surface area (Å²) >= 11 is 3.21. The number of nitrogens with one attached hydrogen (secondary N) is 1. The van der Waals surface area contributed by atoms with Gasteiger partial charge in [-0.2, -0.15) is 0 Å². The van der Waals surface area contributed by atoms with E-state index in [4.69, 9.17) is 0 Å². The van der Waals surface area contributed by atoms with Gasteiger partial charge in [-0.3, -0.25) is 0 Å². The third kappa shape index (κ3) is 3.10. The lowest BCUT2D eigenvalue weighted by Crippen LogP contribution is -2.34. The zero-order chi connectivity index (χ0) is 15.0. The Bertz CT molecular complexity index is 666. The van der Waals surface area contributed by atoms with E-state index in [1.54, 1.807) is 18.2 Å². The fraction of sp³-hybridized carbons (Fsp3) is 0.294. The Morgan fingerprint density at radius 2 is 1.90 bits per heavy atom. The SMILES string of the molecule is Cc1cc(F)c(Br)cc1NC1CC(c2cccc(F)c2)C1. The summed E-state index contributed by atoms with van der Waals surface area (Å²) in [5.41, 5.74) is 2.90. The number of benzene rings is 2. The molecular weight excluding hydrogens is 336 g/mol. The molecule has 0 saturated heterocycles. The molecule has 4 heteroatoms. The van der Waals surface area contributed by atoms with Crippen molar-refractivity contribution in [2.24, 2.45) is 0 Å². The van der Waals surface area contributed by atoms with E-state index in [0.717, 1.165) is 29.7 Å². The first-order valence-electron chi connectivity index (χ1n) is 7.00. The van der Waals surface area contributed by atoms with E-state index in [1.165, 1.54) is 12.1 Å². The number of hydrogen-bond donors (Lipinski definition) is 1. The highest BCUT2D eigenvalue weighted by Gasteiger charge is 2.30. The van der Waals surface area contributed by atoms with E-state index >= 15 is 0 Å². The molecule has 0 aromatic heterocycles. The van der Waals surface area contributed by atoms with Gasteiger partial charge in [0.15, 0.2) is 0 Å². The van der Waals surface area contributed by atoms with Gasteiger partial charge in [0.1, 0.15) is 11.6 Å². The summed E-state index contributed by atoms with van der Waals surface area (Å²) in [6.07, 6.45) is 1.94. The lowest BCUT2D eigenvalue weighted by atomic mass is 9.75. The van der Waals surface area contributed by atoms with Crippen LogP contribution in [0.15, 0.2) is 40.9 Å². The Morgan fingerprint density at radius 1 is 1.14 bits per heavy atom. The van der Waals surface area contributed by atoms with Gasteiger partial charge in [-0.15, -0.1) is 0 Å². The largest absolute Gasteiger partial charge is 0.382 e. The molecule has 1 aliphatic carbocycles. The fourth-order valence-corrected chi connectivity index (χ4v) is 3.13. The molecule has 1 aliphatic rings. The molecule has 1 N–H and O–H groups in total. The molecular formula is C17H16BrF2N. The van der Waals surface area contributed by atoms with E-state index in [-0.39, 0.29) is 11.6 Å². The normalized spacial score (nSPS) is 21.0. The van der Waals surface area contributed by atoms with Gasteiger partial charge in [-0.25, -0.2) is 8.78 Å². The maximum Gasteiger partial charge on any atom is 0.137 e. The Balaban J connectivity index is 1.64. The second-order valence-corrected chi connectivity index (χ2v) is 6.50. The van der Waals surface area contributed by atoms with Crippen molar-refractivity contribution in [3.05, 3.63) is 63.6 Å². The summed E-state index contributed by atoms with van der Waals surface area (Å²) in [5.74, 6) is -0.0195. The zero-order valence-corrected chi connectivity index (χ0v) is 13.3. The molecule has 0 amide bonds. The second-order valence-electron chi connectivity index (χ2n) is 5.65. The van der Waals surface area contributed by atoms with Crippen molar-refractivity contribution in [3.63, 3.8) is 0 Å². The standard InChI is InChI=1S/C17H16BrF2N/c1-10-5-16(20)15(18)9-17(10)21-14-7-12(8-14)11-3-2-4-13(19)6-11/h2-6,9,12,14,21H,7-8H2,1H3. The van der Waals surface area contributed by atoms with Crippen LogP contribution in [-0.2, 0) is 0 Å². The van der Waals surface area contributed by atoms with Crippen molar-refractivity contribution in [3.8, 4) is 0 Å². The van der Waals surface area contributed by atoms with Crippen LogP contribution in [0.25, 0.3) is 0 Å². The quantitative estimate of drug-likeness (QED) is 0.781. The average Bonchev–Trinajstić information content (AvgIpc) is 2.39. The summed E-state index contributed by atoms with van der Waals surface area (Å²) in [4.78, 5) is 0. The van der Waals surface area contributed by atoms with Crippen molar-refractivity contribution >= 4 is 21.6 Å². The first-order valence-corrected chi connectivity index (χ1v) is 7.80. The molecule has 0 bridgehead atoms. The minimum Gasteiger partial charge on any atom is -0.382 e. The van der Waals surface area contributed by atoms with Crippen LogP contribution in [0.4, 0.5) is 14.5 Å². The van der Waals surface area contributed by atoms with Crippen LogP contribution < -0.4 is 5.32 Å². The predicted molar refractivity (Wildman–Crippen MR) is 84.6 cm³/mol. The predicted octanol–water partition coefficient (Wildman–Crippen LogP) is 5.39. The first kappa shape index (κ1) is 14.5. The van der Waals surface area contributed by atoms with Crippen LogP contribution in [0.2, 0.25) is 0 Å². The van der Waals surface area contributed by atoms with Crippen LogP contribution >= 0.6 is 15.9 Å². The molecule has 21 heavy (non-hydrogen) atoms. The lowest BCUT2D eigenvalue weighted by molar-refractivity contribution is 0.373. The van der Waals surface area contributed by atoms with Crippen LogP contribution in [0.5, 0.6) is 0 Å². The van der Waals surface area contributed by atoms with Crippen molar-refractivity contribution in [1.29, 1.82) is 0 Å². The van der Waals surface area contributed by atoms with Crippen LogP contribution in [-0.4, -0.2) is 6.04 Å². The van der Waals surface area contributed by atoms with E-state index < -0.39 is 0 Å². The summed E-state index contributed by atoms with van der Waals surface area (Å²) in [7, 11) is 0. The number of anilines is 1. The molecule has 2 aromatic carbocycles. The van der Waals surface area contributed by atoms with E-state index in [2.05, 4.69) is 21.2 Å². The van der Waals surface area contributed by atoms with E-state index in [9.17, 15) is 8.78 Å². The number of aryl methyl sites for hydroxylation is 1. The molecule has 0 heterocycles. The summed E-state index contributed by atoms with van der Waals surface area (Å²) < 4.78 is 27.1. The van der Waals surface area contributed by atoms with Crippen molar-refractivity contribution < 1.29 is 8.78 Å². The minimum absolute atomic E-state index is 0.179. The third-order valence-electron chi connectivity index (χ3n) is 4.09. The molecule has 2 aromatic rings. The highest BCUT2D eigenvalue weighted by molar-refractivity contribution is 9.10. The van der Waals surface area contributed by atoms with Gasteiger partial charge < -0.3 is 5.32 Å². The lowest BCUT2D eigenvalue weighted by Gasteiger charge is -2.37. The maximum absolute atomic E-state index is 13.4. The average molecular weight is 352 g/mol. The molecule has 0 unspecified atom stereocenters. The molecule has 1 saturated carbocycles. The molecule has 0 aliphatic heterocycles. The van der Waals surface area contributed by atoms with Gasteiger partial charge in [-0.05, 0) is 77.0 Å². The molecule has 0 radical (unpaired) electrons. The van der Waals surface area contributed by atoms with Crippen molar-refractivity contribution in [1.82, 2.24) is 0 Å². The Labute approximate surface area is 131 Å². The van der Waals surface area contributed by atoms with Crippen LogP contribution in [0.3, 0.4) is 0 Å². The summed E-state index contributed by atoms with van der Waals surface area (Å²) in [6.45, 7) is 1.89. The topological polar surface area (TPSA) is 12.0 Å².